The zero-order chi connectivity index (χ0) is 11.5. The maximum atomic E-state index is 13.4. The molecule has 0 fully saturated rings. The van der Waals surface area contributed by atoms with E-state index in [1.165, 1.54) is 17.8 Å². The van der Waals surface area contributed by atoms with Crippen molar-refractivity contribution >= 4 is 27.7 Å². The van der Waals surface area contributed by atoms with E-state index in [0.29, 0.717) is 15.3 Å². The Hall–Kier alpha value is -0.940. The maximum Gasteiger partial charge on any atom is 0.137 e. The third-order valence-corrected chi connectivity index (χ3v) is 3.21. The van der Waals surface area contributed by atoms with Crippen molar-refractivity contribution in [1.29, 1.82) is 0 Å². The van der Waals surface area contributed by atoms with E-state index in [-0.39, 0.29) is 5.82 Å². The molecule has 0 saturated carbocycles. The van der Waals surface area contributed by atoms with E-state index in [0.717, 1.165) is 5.03 Å². The third-order valence-electron chi connectivity index (χ3n) is 1.83. The highest BCUT2D eigenvalue weighted by atomic mass is 79.9. The molecule has 0 atom stereocenters. The summed E-state index contributed by atoms with van der Waals surface area (Å²) in [5.41, 5.74) is 0. The summed E-state index contributed by atoms with van der Waals surface area (Å²) in [5.74, 6) is 0.424. The Kier molecular flexibility index (Phi) is 3.56. The van der Waals surface area contributed by atoms with Crippen molar-refractivity contribution in [3.8, 4) is 0 Å². The van der Waals surface area contributed by atoms with Crippen molar-refractivity contribution in [2.75, 3.05) is 0 Å². The molecule has 0 spiro atoms. The normalized spacial score (nSPS) is 10.4. The van der Waals surface area contributed by atoms with Crippen LogP contribution in [0.3, 0.4) is 0 Å². The van der Waals surface area contributed by atoms with Gasteiger partial charge in [0.1, 0.15) is 21.3 Å². The topological polar surface area (TPSA) is 25.8 Å². The van der Waals surface area contributed by atoms with E-state index in [1.54, 1.807) is 31.2 Å². The van der Waals surface area contributed by atoms with Gasteiger partial charge in [-0.1, -0.05) is 23.9 Å². The average molecular weight is 299 g/mol. The largest absolute Gasteiger partial charge is 0.226 e. The van der Waals surface area contributed by atoms with Crippen LogP contribution in [-0.2, 0) is 0 Å². The van der Waals surface area contributed by atoms with Gasteiger partial charge in [0.2, 0.25) is 0 Å². The molecule has 1 aromatic carbocycles. The Balaban J connectivity index is 2.30. The first-order valence-corrected chi connectivity index (χ1v) is 6.19. The van der Waals surface area contributed by atoms with Gasteiger partial charge in [0, 0.05) is 11.0 Å². The van der Waals surface area contributed by atoms with Crippen LogP contribution in [0.4, 0.5) is 4.39 Å². The number of nitrogens with zero attached hydrogens (tertiary/aromatic N) is 2. The Morgan fingerprint density at radius 3 is 2.69 bits per heavy atom. The molecular formula is C11H8BrFN2S. The van der Waals surface area contributed by atoms with E-state index in [1.807, 2.05) is 0 Å². The summed E-state index contributed by atoms with van der Waals surface area (Å²) >= 11 is 4.57. The number of rotatable bonds is 2. The molecule has 82 valence electrons. The minimum Gasteiger partial charge on any atom is -0.226 e. The lowest BCUT2D eigenvalue weighted by Gasteiger charge is -2.03. The highest BCUT2D eigenvalue weighted by Crippen LogP contribution is 2.29. The molecule has 0 aliphatic heterocycles. The number of benzene rings is 1. The smallest absolute Gasteiger partial charge is 0.137 e. The second-order valence-corrected chi connectivity index (χ2v) is 4.98. The van der Waals surface area contributed by atoms with Gasteiger partial charge in [-0.25, -0.2) is 14.4 Å². The Labute approximate surface area is 105 Å². The van der Waals surface area contributed by atoms with Crippen molar-refractivity contribution in [2.45, 2.75) is 16.8 Å². The van der Waals surface area contributed by atoms with Crippen LogP contribution in [0.2, 0.25) is 0 Å². The molecule has 1 aromatic heterocycles. The van der Waals surface area contributed by atoms with Gasteiger partial charge in [-0.15, -0.1) is 0 Å². The summed E-state index contributed by atoms with van der Waals surface area (Å²) in [6.07, 6.45) is 0. The van der Waals surface area contributed by atoms with Crippen molar-refractivity contribution in [3.05, 3.63) is 46.6 Å². The molecule has 2 rings (SSSR count). The molecule has 0 amide bonds. The van der Waals surface area contributed by atoms with Crippen molar-refractivity contribution in [1.82, 2.24) is 9.97 Å². The summed E-state index contributed by atoms with van der Waals surface area (Å²) in [5, 5.41) is 0.726. The van der Waals surface area contributed by atoms with E-state index in [4.69, 9.17) is 0 Å². The molecule has 0 radical (unpaired) electrons. The number of hydrogen-bond acceptors (Lipinski definition) is 3. The van der Waals surface area contributed by atoms with Crippen LogP contribution in [0.1, 0.15) is 5.82 Å². The Bertz CT molecular complexity index is 499. The second-order valence-electron chi connectivity index (χ2n) is 3.11. The van der Waals surface area contributed by atoms with Gasteiger partial charge in [-0.2, -0.15) is 0 Å². The molecule has 2 nitrogen and oxygen atoms in total. The van der Waals surface area contributed by atoms with Crippen LogP contribution in [0.15, 0.2) is 44.9 Å². The molecule has 0 saturated heterocycles. The van der Waals surface area contributed by atoms with Crippen LogP contribution in [0.25, 0.3) is 0 Å². The lowest BCUT2D eigenvalue weighted by molar-refractivity contribution is 0.602. The number of aromatic nitrogens is 2. The first-order valence-electron chi connectivity index (χ1n) is 4.59. The molecule has 16 heavy (non-hydrogen) atoms. The fourth-order valence-corrected chi connectivity index (χ4v) is 2.71. The first kappa shape index (κ1) is 11.5. The Morgan fingerprint density at radius 1 is 1.25 bits per heavy atom. The zero-order valence-corrected chi connectivity index (χ0v) is 10.8. The lowest BCUT2D eigenvalue weighted by Crippen LogP contribution is -1.90. The second kappa shape index (κ2) is 4.93. The molecule has 5 heteroatoms. The van der Waals surface area contributed by atoms with Gasteiger partial charge in [0.15, 0.2) is 0 Å². The van der Waals surface area contributed by atoms with E-state index in [2.05, 4.69) is 25.9 Å². The zero-order valence-electron chi connectivity index (χ0n) is 8.45. The predicted octanol–water partition coefficient (Wildman–Crippen LogP) is 3.84. The summed E-state index contributed by atoms with van der Waals surface area (Å²) in [6.45, 7) is 1.80. The lowest BCUT2D eigenvalue weighted by atomic mass is 10.3. The molecule has 0 aliphatic carbocycles. The van der Waals surface area contributed by atoms with E-state index >= 15 is 0 Å². The molecule has 0 N–H and O–H groups in total. The highest BCUT2D eigenvalue weighted by Gasteiger charge is 2.06. The quantitative estimate of drug-likeness (QED) is 0.788. The molecule has 0 bridgehead atoms. The highest BCUT2D eigenvalue weighted by molar-refractivity contribution is 9.10. The van der Waals surface area contributed by atoms with Crippen LogP contribution < -0.4 is 0 Å². The summed E-state index contributed by atoms with van der Waals surface area (Å²) in [7, 11) is 0. The molecular weight excluding hydrogens is 291 g/mol. The van der Waals surface area contributed by atoms with E-state index in [9.17, 15) is 4.39 Å². The number of hydrogen-bond donors (Lipinski definition) is 0. The third kappa shape index (κ3) is 2.80. The van der Waals surface area contributed by atoms with Crippen LogP contribution in [0, 0.1) is 12.7 Å². The summed E-state index contributed by atoms with van der Waals surface area (Å²) in [6, 6.07) is 8.40. The SMILES string of the molecule is Cc1nc(Br)cc(Sc2ccccc2F)n1. The Morgan fingerprint density at radius 2 is 2.00 bits per heavy atom. The molecule has 0 unspecified atom stereocenters. The fraction of sp³-hybridized carbons (Fsp3) is 0.0909. The van der Waals surface area contributed by atoms with Gasteiger partial charge in [0.05, 0.1) is 0 Å². The molecule has 2 aromatic rings. The van der Waals surface area contributed by atoms with Crippen molar-refractivity contribution in [3.63, 3.8) is 0 Å². The van der Waals surface area contributed by atoms with Gasteiger partial charge < -0.3 is 0 Å². The number of halogens is 2. The number of aryl methyl sites for hydroxylation is 1. The summed E-state index contributed by atoms with van der Waals surface area (Å²) < 4.78 is 14.1. The van der Waals surface area contributed by atoms with Gasteiger partial charge in [-0.05, 0) is 35.0 Å². The van der Waals surface area contributed by atoms with Gasteiger partial charge in [0.25, 0.3) is 0 Å². The molecule has 0 aliphatic rings. The molecule has 1 heterocycles. The monoisotopic (exact) mass is 298 g/mol. The van der Waals surface area contributed by atoms with Crippen LogP contribution in [-0.4, -0.2) is 9.97 Å². The van der Waals surface area contributed by atoms with Crippen molar-refractivity contribution < 1.29 is 4.39 Å². The maximum absolute atomic E-state index is 13.4. The first-order chi connectivity index (χ1) is 7.65. The minimum atomic E-state index is -0.236. The van der Waals surface area contributed by atoms with Crippen LogP contribution >= 0.6 is 27.7 Å². The minimum absolute atomic E-state index is 0.236. The van der Waals surface area contributed by atoms with Crippen LogP contribution in [0.5, 0.6) is 0 Å². The van der Waals surface area contributed by atoms with Gasteiger partial charge >= 0.3 is 0 Å². The van der Waals surface area contributed by atoms with Crippen molar-refractivity contribution in [2.24, 2.45) is 0 Å². The van der Waals surface area contributed by atoms with Gasteiger partial charge in [-0.3, -0.25) is 0 Å². The summed E-state index contributed by atoms with van der Waals surface area (Å²) in [4.78, 5) is 8.88. The average Bonchev–Trinajstić information content (AvgIpc) is 2.20. The fourth-order valence-electron chi connectivity index (χ4n) is 1.20. The standard InChI is InChI=1S/C11H8BrFN2S/c1-7-14-10(12)6-11(15-7)16-9-5-3-2-4-8(9)13/h2-6H,1H3. The van der Waals surface area contributed by atoms with E-state index < -0.39 is 0 Å². The predicted molar refractivity (Wildman–Crippen MR) is 65.0 cm³/mol.